The van der Waals surface area contributed by atoms with E-state index < -0.39 is 90.6 Å². The molecule has 2 fully saturated rings. The van der Waals surface area contributed by atoms with Crippen LogP contribution < -0.4 is 21.3 Å². The summed E-state index contributed by atoms with van der Waals surface area (Å²) < 4.78 is 26.6. The molecule has 2 unspecified atom stereocenters. The maximum absolute atomic E-state index is 13.2. The third kappa shape index (κ3) is 22.9. The van der Waals surface area contributed by atoms with E-state index >= 15 is 0 Å². The van der Waals surface area contributed by atoms with Crippen LogP contribution >= 0.6 is 0 Å². The van der Waals surface area contributed by atoms with Crippen LogP contribution in [0.1, 0.15) is 107 Å². The Balaban J connectivity index is 0. The minimum atomic E-state index is -1.65. The summed E-state index contributed by atoms with van der Waals surface area (Å²) in [5, 5.41) is 46.3. The van der Waals surface area contributed by atoms with Crippen molar-refractivity contribution in [2.45, 2.75) is 168 Å². The van der Waals surface area contributed by atoms with Crippen molar-refractivity contribution in [1.29, 1.82) is 5.31 Å². The molecule has 0 spiro atoms. The van der Waals surface area contributed by atoms with Crippen LogP contribution in [0, 0.1) is 17.1 Å². The summed E-state index contributed by atoms with van der Waals surface area (Å²) in [6.45, 7) is 12.4. The fourth-order valence-electron chi connectivity index (χ4n) is 6.24. The van der Waals surface area contributed by atoms with Gasteiger partial charge in [0.05, 0.1) is 0 Å². The number of carbonyl (C=O) groups is 7. The fraction of sp³-hybridized carbons (Fsp3) is 0.744. The van der Waals surface area contributed by atoms with Gasteiger partial charge in [-0.25, -0.2) is 0 Å². The standard InChI is InChI=1S/C24H38N2O9.C18H32N2O6.CH4.BHN/c1-7-14(2)11-12-19(33-15(3)27)20(34-16(4)28)21(35-17(5)29)22(32-6)24(31)26-18-10-8-9-13-25-23(18)30;1-4-11(2)8-9-13(21)14(22)15(23)16(26-3)18(25)20-12-7-5-6-10-19-17(12)24;;1-2/h11-12,14,18-22H,7-10,13H2,1-6H3,(H,25,30)(H,26,31);8-9,11-16,21-23H,4-7,10H2,1-3H3,(H,19,24)(H,20,25);1H4;2H/b12-11+;9-8+;;/t14?,18-,19+,20-,21+,22+;11?,12-,13+,14-,15+,16+;;/m00../s1. The molecular formula is C43H75BN5O15. The zero-order valence-corrected chi connectivity index (χ0v) is 38.1. The van der Waals surface area contributed by atoms with Gasteiger partial charge in [-0.15, -0.1) is 0 Å². The molecule has 0 aromatic carbocycles. The molecule has 20 nitrogen and oxygen atoms in total. The molecule has 2 aliphatic rings. The van der Waals surface area contributed by atoms with Crippen LogP contribution in [-0.4, -0.2) is 153 Å². The number of rotatable bonds is 21. The van der Waals surface area contributed by atoms with E-state index in [9.17, 15) is 48.9 Å². The van der Waals surface area contributed by atoms with Crippen molar-refractivity contribution in [1.82, 2.24) is 21.3 Å². The van der Waals surface area contributed by atoms with Crippen molar-refractivity contribution in [2.75, 3.05) is 27.3 Å². The first-order valence-electron chi connectivity index (χ1n) is 21.2. The number of allylic oxidation sites excluding steroid dienone is 2. The molecule has 2 heterocycles. The van der Waals surface area contributed by atoms with Gasteiger partial charge in [0.25, 0.3) is 11.8 Å². The van der Waals surface area contributed by atoms with Crippen LogP contribution in [-0.2, 0) is 57.2 Å². The average Bonchev–Trinajstić information content (AvgIpc) is 3.58. The fourth-order valence-corrected chi connectivity index (χ4v) is 6.24. The number of aliphatic hydroxyl groups excluding tert-OH is 3. The van der Waals surface area contributed by atoms with Gasteiger partial charge in [0.1, 0.15) is 30.4 Å². The molecule has 0 saturated carbocycles. The summed E-state index contributed by atoms with van der Waals surface area (Å²) in [6.07, 6.45) is 0.583. The van der Waals surface area contributed by atoms with Gasteiger partial charge < -0.3 is 60.3 Å². The van der Waals surface area contributed by atoms with Crippen LogP contribution in [0.15, 0.2) is 24.3 Å². The molecule has 2 rings (SSSR count). The summed E-state index contributed by atoms with van der Waals surface area (Å²) in [4.78, 5) is 85.6. The van der Waals surface area contributed by atoms with Crippen LogP contribution in [0.2, 0.25) is 0 Å². The van der Waals surface area contributed by atoms with Crippen LogP contribution in [0.25, 0.3) is 0 Å². The Morgan fingerprint density at radius 1 is 0.672 bits per heavy atom. The summed E-state index contributed by atoms with van der Waals surface area (Å²) in [5.41, 5.74) is 0. The Kier molecular flexibility index (Phi) is 32.6. The topological polar surface area (TPSA) is 298 Å². The molecule has 64 heavy (non-hydrogen) atoms. The third-order valence-electron chi connectivity index (χ3n) is 10.1. The first-order chi connectivity index (χ1) is 29.8. The average molecular weight is 913 g/mol. The minimum absolute atomic E-state index is 0. The summed E-state index contributed by atoms with van der Waals surface area (Å²) in [6, 6.07) is -1.51. The number of ether oxygens (including phenoxy) is 5. The predicted octanol–water partition coefficient (Wildman–Crippen LogP) is 1.21. The molecular weight excluding hydrogens is 837 g/mol. The van der Waals surface area contributed by atoms with Gasteiger partial charge in [-0.3, -0.25) is 33.6 Å². The van der Waals surface area contributed by atoms with Gasteiger partial charge in [0.15, 0.2) is 30.5 Å². The van der Waals surface area contributed by atoms with Gasteiger partial charge in [0, 0.05) is 48.1 Å². The van der Waals surface area contributed by atoms with Gasteiger partial charge in [-0.1, -0.05) is 66.2 Å². The number of nitrogens with one attached hydrogen (secondary N) is 5. The van der Waals surface area contributed by atoms with E-state index in [1.54, 1.807) is 12.2 Å². The Morgan fingerprint density at radius 2 is 1.08 bits per heavy atom. The molecule has 0 aromatic rings. The Bertz CT molecular complexity index is 1500. The predicted molar refractivity (Wildman–Crippen MR) is 236 cm³/mol. The second kappa shape index (κ2) is 33.9. The Hall–Kier alpha value is -4.57. The van der Waals surface area contributed by atoms with Crippen molar-refractivity contribution in [3.8, 4) is 0 Å². The van der Waals surface area contributed by atoms with Crippen molar-refractivity contribution < 1.29 is 72.6 Å². The molecule has 365 valence electrons. The van der Waals surface area contributed by atoms with Crippen molar-refractivity contribution in [2.24, 2.45) is 11.8 Å². The van der Waals surface area contributed by atoms with Gasteiger partial charge in [-0.05, 0) is 56.4 Å². The zero-order valence-electron chi connectivity index (χ0n) is 38.1. The molecule has 8 N–H and O–H groups in total. The van der Waals surface area contributed by atoms with E-state index in [1.165, 1.54) is 33.3 Å². The number of esters is 3. The molecule has 0 aromatic heterocycles. The molecule has 2 aliphatic heterocycles. The molecule has 0 aliphatic carbocycles. The van der Waals surface area contributed by atoms with E-state index in [0.717, 1.165) is 52.4 Å². The van der Waals surface area contributed by atoms with Crippen molar-refractivity contribution >= 4 is 49.2 Å². The van der Waals surface area contributed by atoms with Crippen LogP contribution in [0.3, 0.4) is 0 Å². The van der Waals surface area contributed by atoms with E-state index in [2.05, 4.69) is 28.9 Å². The first-order valence-corrected chi connectivity index (χ1v) is 21.2. The zero-order chi connectivity index (χ0) is 48.2. The quantitative estimate of drug-likeness (QED) is 0.0348. The summed E-state index contributed by atoms with van der Waals surface area (Å²) in [7, 11) is 6.18. The number of hydrogen-bond acceptors (Lipinski definition) is 16. The number of carbonyl (C=O) groups excluding carboxylic acids is 7. The number of aliphatic hydroxyl groups is 3. The SMILES string of the molecule is C.CCC(C)/C=C/[C@@H](O)[C@H](O)[C@@H](O)[C@@H](OC)C(=O)N[C@H]1CCCCNC1=O.CCC(C)/C=C/[C@@H](OC(C)=O)[C@H](OC(C)=O)[C@@H](OC(C)=O)[C@@H](OC)C(=O)N[C@H]1CCCCNC1=O.[B]=N. The normalized spacial score (nSPS) is 21.0. The molecule has 1 radical (unpaired) electrons. The number of methoxy groups -OCH3 is 2. The van der Waals surface area contributed by atoms with Gasteiger partial charge in [0.2, 0.25) is 11.8 Å². The Labute approximate surface area is 379 Å². The van der Waals surface area contributed by atoms with Gasteiger partial charge >= 0.3 is 30.9 Å². The second-order valence-electron chi connectivity index (χ2n) is 15.2. The van der Waals surface area contributed by atoms with E-state index in [-0.39, 0.29) is 31.1 Å². The van der Waals surface area contributed by atoms with Crippen molar-refractivity contribution in [3.63, 3.8) is 0 Å². The molecule has 4 amide bonds. The molecule has 2 saturated heterocycles. The monoisotopic (exact) mass is 913 g/mol. The molecule has 0 bridgehead atoms. The van der Waals surface area contributed by atoms with Crippen LogP contribution in [0.4, 0.5) is 0 Å². The number of hydrogen-bond donors (Lipinski definition) is 8. The van der Waals surface area contributed by atoms with E-state index in [4.69, 9.17) is 29.0 Å². The summed E-state index contributed by atoms with van der Waals surface area (Å²) in [5.74, 6) is -3.95. The molecule has 12 atom stereocenters. The summed E-state index contributed by atoms with van der Waals surface area (Å²) >= 11 is 0. The first kappa shape index (κ1) is 61.5. The Morgan fingerprint density at radius 3 is 1.48 bits per heavy atom. The second-order valence-corrected chi connectivity index (χ2v) is 15.2. The number of amides is 4. The van der Waals surface area contributed by atoms with Crippen LogP contribution in [0.5, 0.6) is 0 Å². The molecule has 21 heteroatoms. The maximum atomic E-state index is 13.2. The van der Waals surface area contributed by atoms with E-state index in [0.29, 0.717) is 25.9 Å². The van der Waals surface area contributed by atoms with Crippen molar-refractivity contribution in [3.05, 3.63) is 24.3 Å². The van der Waals surface area contributed by atoms with E-state index in [1.807, 2.05) is 27.7 Å². The van der Waals surface area contributed by atoms with Gasteiger partial charge in [-0.2, -0.15) is 0 Å². The third-order valence-corrected chi connectivity index (χ3v) is 10.1.